The standard InChI is InChI=1S/C19H19Cl2FN2O2S/c1-2-24(10-17(25)23-19-15(20)4-3-5-16(19)21)18(26)12-27-11-13-6-8-14(22)9-7-13/h3-9H,2,10-12H2,1H3,(H,23,25). The van der Waals surface area contributed by atoms with Crippen LogP contribution in [0.4, 0.5) is 10.1 Å². The van der Waals surface area contributed by atoms with E-state index in [1.165, 1.54) is 28.8 Å². The fourth-order valence-electron chi connectivity index (χ4n) is 2.27. The molecule has 0 aliphatic heterocycles. The molecule has 27 heavy (non-hydrogen) atoms. The van der Waals surface area contributed by atoms with Crippen LogP contribution in [0.5, 0.6) is 0 Å². The molecule has 2 amide bonds. The largest absolute Gasteiger partial charge is 0.333 e. The molecule has 0 saturated carbocycles. The zero-order chi connectivity index (χ0) is 19.8. The van der Waals surface area contributed by atoms with Gasteiger partial charge in [-0.25, -0.2) is 4.39 Å². The molecule has 0 aliphatic carbocycles. The van der Waals surface area contributed by atoms with E-state index in [9.17, 15) is 14.0 Å². The summed E-state index contributed by atoms with van der Waals surface area (Å²) in [6.07, 6.45) is 0. The van der Waals surface area contributed by atoms with Crippen LogP contribution < -0.4 is 5.32 Å². The lowest BCUT2D eigenvalue weighted by atomic mass is 10.2. The predicted octanol–water partition coefficient (Wildman–Crippen LogP) is 4.85. The number of likely N-dealkylation sites (N-methyl/N-ethyl adjacent to an activating group) is 1. The van der Waals surface area contributed by atoms with Gasteiger partial charge in [0.05, 0.1) is 28.0 Å². The number of carbonyl (C=O) groups is 2. The van der Waals surface area contributed by atoms with E-state index in [0.29, 0.717) is 28.0 Å². The van der Waals surface area contributed by atoms with Gasteiger partial charge in [0, 0.05) is 12.3 Å². The molecule has 0 heterocycles. The second-order valence-corrected chi connectivity index (χ2v) is 7.47. The van der Waals surface area contributed by atoms with Crippen molar-refractivity contribution in [2.45, 2.75) is 12.7 Å². The maximum Gasteiger partial charge on any atom is 0.244 e. The van der Waals surface area contributed by atoms with Gasteiger partial charge < -0.3 is 10.2 Å². The first kappa shape index (κ1) is 21.5. The molecule has 0 unspecified atom stereocenters. The summed E-state index contributed by atoms with van der Waals surface area (Å²) in [6, 6.07) is 11.1. The maximum absolute atomic E-state index is 12.9. The van der Waals surface area contributed by atoms with Gasteiger partial charge in [0.2, 0.25) is 11.8 Å². The van der Waals surface area contributed by atoms with Crippen molar-refractivity contribution in [3.8, 4) is 0 Å². The Kier molecular flexibility index (Phi) is 8.41. The van der Waals surface area contributed by atoms with Gasteiger partial charge >= 0.3 is 0 Å². The van der Waals surface area contributed by atoms with E-state index in [-0.39, 0.29) is 29.9 Å². The zero-order valence-electron chi connectivity index (χ0n) is 14.7. The highest BCUT2D eigenvalue weighted by molar-refractivity contribution is 7.99. The van der Waals surface area contributed by atoms with Crippen LogP contribution in [-0.2, 0) is 15.3 Å². The number of benzene rings is 2. The first-order chi connectivity index (χ1) is 12.9. The molecule has 0 radical (unpaired) electrons. The van der Waals surface area contributed by atoms with Crippen LogP contribution in [0.1, 0.15) is 12.5 Å². The SMILES string of the molecule is CCN(CC(=O)Nc1c(Cl)cccc1Cl)C(=O)CSCc1ccc(F)cc1. The number of amides is 2. The lowest BCUT2D eigenvalue weighted by Gasteiger charge is -2.20. The molecule has 2 aromatic rings. The first-order valence-electron chi connectivity index (χ1n) is 8.24. The molecule has 0 saturated heterocycles. The molecule has 0 atom stereocenters. The van der Waals surface area contributed by atoms with Crippen LogP contribution in [0.2, 0.25) is 10.0 Å². The summed E-state index contributed by atoms with van der Waals surface area (Å²) in [5.74, 6) is 0.00598. The summed E-state index contributed by atoms with van der Waals surface area (Å²) in [7, 11) is 0. The summed E-state index contributed by atoms with van der Waals surface area (Å²) >= 11 is 13.5. The van der Waals surface area contributed by atoms with E-state index in [4.69, 9.17) is 23.2 Å². The highest BCUT2D eigenvalue weighted by atomic mass is 35.5. The number of hydrogen-bond donors (Lipinski definition) is 1. The number of nitrogens with one attached hydrogen (secondary N) is 1. The summed E-state index contributed by atoms with van der Waals surface area (Å²) in [5.41, 5.74) is 1.27. The molecule has 144 valence electrons. The van der Waals surface area contributed by atoms with Crippen LogP contribution in [0.15, 0.2) is 42.5 Å². The second-order valence-electron chi connectivity index (χ2n) is 5.67. The number of hydrogen-bond acceptors (Lipinski definition) is 3. The predicted molar refractivity (Wildman–Crippen MR) is 110 cm³/mol. The van der Waals surface area contributed by atoms with E-state index in [1.54, 1.807) is 37.3 Å². The van der Waals surface area contributed by atoms with Gasteiger partial charge in [0.25, 0.3) is 0 Å². The lowest BCUT2D eigenvalue weighted by Crippen LogP contribution is -2.38. The average Bonchev–Trinajstić information content (AvgIpc) is 2.64. The van der Waals surface area contributed by atoms with E-state index in [1.807, 2.05) is 0 Å². The minimum Gasteiger partial charge on any atom is -0.333 e. The Labute approximate surface area is 172 Å². The van der Waals surface area contributed by atoms with Crippen molar-refractivity contribution >= 4 is 52.5 Å². The molecule has 2 aromatic carbocycles. The van der Waals surface area contributed by atoms with Gasteiger partial charge in [-0.15, -0.1) is 11.8 Å². The van der Waals surface area contributed by atoms with Crippen LogP contribution in [0.3, 0.4) is 0 Å². The van der Waals surface area contributed by atoms with Gasteiger partial charge in [0.1, 0.15) is 5.82 Å². The summed E-state index contributed by atoms with van der Waals surface area (Å²) in [5, 5.41) is 3.31. The smallest absolute Gasteiger partial charge is 0.244 e. The number of thioether (sulfide) groups is 1. The van der Waals surface area contributed by atoms with E-state index in [2.05, 4.69) is 5.32 Å². The van der Waals surface area contributed by atoms with Gasteiger partial charge in [-0.3, -0.25) is 9.59 Å². The van der Waals surface area contributed by atoms with E-state index >= 15 is 0 Å². The quantitative estimate of drug-likeness (QED) is 0.653. The fraction of sp³-hybridized carbons (Fsp3) is 0.263. The number of rotatable bonds is 8. The Morgan fingerprint density at radius 2 is 1.74 bits per heavy atom. The van der Waals surface area contributed by atoms with Gasteiger partial charge in [-0.1, -0.05) is 41.4 Å². The Hall–Kier alpha value is -1.76. The summed E-state index contributed by atoms with van der Waals surface area (Å²) in [4.78, 5) is 26.1. The van der Waals surface area contributed by atoms with E-state index in [0.717, 1.165) is 5.56 Å². The maximum atomic E-state index is 12.9. The summed E-state index contributed by atoms with van der Waals surface area (Å²) < 4.78 is 12.9. The normalized spacial score (nSPS) is 10.5. The average molecular weight is 429 g/mol. The van der Waals surface area contributed by atoms with Crippen LogP contribution in [-0.4, -0.2) is 35.6 Å². The third-order valence-electron chi connectivity index (χ3n) is 3.70. The zero-order valence-corrected chi connectivity index (χ0v) is 17.0. The molecule has 4 nitrogen and oxygen atoms in total. The molecule has 0 fully saturated rings. The number of para-hydroxylation sites is 1. The molecule has 2 rings (SSSR count). The molecule has 8 heteroatoms. The van der Waals surface area contributed by atoms with Crippen molar-refractivity contribution in [2.24, 2.45) is 0 Å². The van der Waals surface area contributed by atoms with Crippen LogP contribution in [0.25, 0.3) is 0 Å². The molecule has 0 aromatic heterocycles. The number of anilines is 1. The van der Waals surface area contributed by atoms with Gasteiger partial charge in [0.15, 0.2) is 0 Å². The monoisotopic (exact) mass is 428 g/mol. The molecule has 0 aliphatic rings. The Morgan fingerprint density at radius 3 is 2.33 bits per heavy atom. The van der Waals surface area contributed by atoms with Crippen molar-refractivity contribution in [3.05, 3.63) is 63.9 Å². The highest BCUT2D eigenvalue weighted by Gasteiger charge is 2.17. The summed E-state index contributed by atoms with van der Waals surface area (Å²) in [6.45, 7) is 2.12. The molecular weight excluding hydrogens is 410 g/mol. The molecule has 1 N–H and O–H groups in total. The Morgan fingerprint density at radius 1 is 1.11 bits per heavy atom. The Balaban J connectivity index is 1.85. The third kappa shape index (κ3) is 6.72. The first-order valence-corrected chi connectivity index (χ1v) is 10.2. The highest BCUT2D eigenvalue weighted by Crippen LogP contribution is 2.29. The number of carbonyl (C=O) groups excluding carboxylic acids is 2. The third-order valence-corrected chi connectivity index (χ3v) is 5.32. The van der Waals surface area contributed by atoms with Gasteiger partial charge in [-0.05, 0) is 36.8 Å². The molecule has 0 spiro atoms. The lowest BCUT2D eigenvalue weighted by molar-refractivity contribution is -0.132. The van der Waals surface area contributed by atoms with Gasteiger partial charge in [-0.2, -0.15) is 0 Å². The van der Waals surface area contributed by atoms with Crippen molar-refractivity contribution in [1.29, 1.82) is 0 Å². The second kappa shape index (κ2) is 10.5. The van der Waals surface area contributed by atoms with Crippen molar-refractivity contribution in [2.75, 3.05) is 24.2 Å². The van der Waals surface area contributed by atoms with Crippen LogP contribution >= 0.6 is 35.0 Å². The Bertz CT molecular complexity index is 783. The van der Waals surface area contributed by atoms with Crippen molar-refractivity contribution in [1.82, 2.24) is 4.90 Å². The molecular formula is C19H19Cl2FN2O2S. The van der Waals surface area contributed by atoms with Crippen molar-refractivity contribution in [3.63, 3.8) is 0 Å². The van der Waals surface area contributed by atoms with Crippen LogP contribution in [0, 0.1) is 5.82 Å². The minimum absolute atomic E-state index is 0.0893. The fourth-order valence-corrected chi connectivity index (χ4v) is 3.65. The number of halogens is 3. The number of nitrogens with zero attached hydrogens (tertiary/aromatic N) is 1. The van der Waals surface area contributed by atoms with Crippen molar-refractivity contribution < 1.29 is 14.0 Å². The molecule has 0 bridgehead atoms. The topological polar surface area (TPSA) is 49.4 Å². The minimum atomic E-state index is -0.372. The van der Waals surface area contributed by atoms with E-state index < -0.39 is 0 Å².